The van der Waals surface area contributed by atoms with E-state index in [9.17, 15) is 5.26 Å². The third kappa shape index (κ3) is 1.85. The van der Waals surface area contributed by atoms with Crippen molar-refractivity contribution in [1.29, 1.82) is 5.26 Å². The molecule has 1 fully saturated rings. The number of thiophene rings is 1. The molecule has 0 amide bonds. The van der Waals surface area contributed by atoms with Crippen molar-refractivity contribution >= 4 is 27.3 Å². The van der Waals surface area contributed by atoms with E-state index in [1.165, 1.54) is 4.88 Å². The second-order valence-electron chi connectivity index (χ2n) is 3.59. The smallest absolute Gasteiger partial charge is 0.111 e. The number of nitriles is 1. The van der Waals surface area contributed by atoms with Crippen LogP contribution in [0, 0.1) is 11.3 Å². The minimum Gasteiger partial charge on any atom is -0.299 e. The fraction of sp³-hybridized carbons (Fsp3) is 0.500. The van der Waals surface area contributed by atoms with Gasteiger partial charge in [0.1, 0.15) is 5.54 Å². The van der Waals surface area contributed by atoms with Crippen molar-refractivity contribution < 1.29 is 0 Å². The van der Waals surface area contributed by atoms with Crippen LogP contribution in [0.1, 0.15) is 17.7 Å². The van der Waals surface area contributed by atoms with E-state index in [4.69, 9.17) is 0 Å². The summed E-state index contributed by atoms with van der Waals surface area (Å²) >= 11 is 5.21. The first-order valence-electron chi connectivity index (χ1n) is 4.64. The van der Waals surface area contributed by atoms with E-state index < -0.39 is 0 Å². The molecule has 0 bridgehead atoms. The van der Waals surface area contributed by atoms with Crippen LogP contribution in [-0.4, -0.2) is 12.1 Å². The summed E-state index contributed by atoms with van der Waals surface area (Å²) in [6.45, 7) is 0.969. The molecule has 1 N–H and O–H groups in total. The summed E-state index contributed by atoms with van der Waals surface area (Å²) in [7, 11) is 0. The Morgan fingerprint density at radius 2 is 2.57 bits per heavy atom. The molecule has 2 nitrogen and oxygen atoms in total. The number of hydrogen-bond donors (Lipinski definition) is 1. The minimum absolute atomic E-state index is 0.312. The average molecular weight is 271 g/mol. The molecule has 0 aromatic carbocycles. The Kier molecular flexibility index (Phi) is 2.91. The number of rotatable bonds is 2. The van der Waals surface area contributed by atoms with Gasteiger partial charge in [0.05, 0.1) is 6.07 Å². The zero-order chi connectivity index (χ0) is 10.0. The quantitative estimate of drug-likeness (QED) is 0.897. The number of halogens is 1. The maximum absolute atomic E-state index is 9.18. The van der Waals surface area contributed by atoms with Crippen LogP contribution in [0.2, 0.25) is 0 Å². The lowest BCUT2D eigenvalue weighted by Crippen LogP contribution is -2.40. The predicted molar refractivity (Wildman–Crippen MR) is 61.3 cm³/mol. The molecule has 74 valence electrons. The third-order valence-corrected chi connectivity index (χ3v) is 4.54. The average Bonchev–Trinajstić information content (AvgIpc) is 2.79. The Labute approximate surface area is 96.1 Å². The monoisotopic (exact) mass is 270 g/mol. The lowest BCUT2D eigenvalue weighted by Gasteiger charge is -2.20. The molecule has 0 aliphatic carbocycles. The minimum atomic E-state index is -0.312. The summed E-state index contributed by atoms with van der Waals surface area (Å²) in [5.74, 6) is 0. The second kappa shape index (κ2) is 4.01. The molecule has 0 saturated carbocycles. The fourth-order valence-electron chi connectivity index (χ4n) is 1.82. The van der Waals surface area contributed by atoms with E-state index in [-0.39, 0.29) is 5.54 Å². The van der Waals surface area contributed by atoms with E-state index >= 15 is 0 Å². The van der Waals surface area contributed by atoms with Gasteiger partial charge in [-0.1, -0.05) is 0 Å². The van der Waals surface area contributed by atoms with Crippen molar-refractivity contribution in [2.45, 2.75) is 24.8 Å². The molecule has 2 heterocycles. The zero-order valence-corrected chi connectivity index (χ0v) is 10.1. The van der Waals surface area contributed by atoms with E-state index in [0.717, 1.165) is 30.3 Å². The largest absolute Gasteiger partial charge is 0.299 e. The molecule has 2 rings (SSSR count). The van der Waals surface area contributed by atoms with Gasteiger partial charge in [-0.3, -0.25) is 5.32 Å². The van der Waals surface area contributed by atoms with Crippen molar-refractivity contribution in [2.75, 3.05) is 6.54 Å². The molecule has 0 radical (unpaired) electrons. The van der Waals surface area contributed by atoms with Crippen molar-refractivity contribution in [3.05, 3.63) is 20.8 Å². The molecule has 4 heteroatoms. The summed E-state index contributed by atoms with van der Waals surface area (Å²) < 4.78 is 1.13. The van der Waals surface area contributed by atoms with Gasteiger partial charge in [-0.15, -0.1) is 11.3 Å². The van der Waals surface area contributed by atoms with E-state index in [1.807, 2.05) is 6.07 Å². The molecule has 1 unspecified atom stereocenters. The first-order chi connectivity index (χ1) is 6.76. The Morgan fingerprint density at radius 3 is 3.07 bits per heavy atom. The summed E-state index contributed by atoms with van der Waals surface area (Å²) in [5.41, 5.74) is -0.312. The summed E-state index contributed by atoms with van der Waals surface area (Å²) in [6, 6.07) is 4.46. The lowest BCUT2D eigenvalue weighted by molar-refractivity contribution is 0.483. The van der Waals surface area contributed by atoms with Gasteiger partial charge in [0.15, 0.2) is 0 Å². The molecule has 1 aliphatic heterocycles. The number of nitrogens with one attached hydrogen (secondary N) is 1. The highest BCUT2D eigenvalue weighted by Crippen LogP contribution is 2.30. The van der Waals surface area contributed by atoms with Crippen LogP contribution >= 0.6 is 27.3 Å². The number of nitrogens with zero attached hydrogens (tertiary/aromatic N) is 1. The maximum atomic E-state index is 9.18. The molecule has 1 aromatic heterocycles. The van der Waals surface area contributed by atoms with Gasteiger partial charge in [-0.05, 0) is 46.8 Å². The van der Waals surface area contributed by atoms with Crippen molar-refractivity contribution in [1.82, 2.24) is 5.32 Å². The highest BCUT2D eigenvalue weighted by molar-refractivity contribution is 9.10. The first-order valence-corrected chi connectivity index (χ1v) is 6.31. The highest BCUT2D eigenvalue weighted by Gasteiger charge is 2.34. The van der Waals surface area contributed by atoms with Gasteiger partial charge in [-0.25, -0.2) is 0 Å². The van der Waals surface area contributed by atoms with Crippen molar-refractivity contribution in [3.63, 3.8) is 0 Å². The normalized spacial score (nSPS) is 26.3. The number of hydrogen-bond acceptors (Lipinski definition) is 3. The van der Waals surface area contributed by atoms with Crippen LogP contribution in [0.4, 0.5) is 0 Å². The standard InChI is InChI=1S/C10H11BrN2S/c11-8-2-5-14-9(8)6-10(7-12)3-1-4-13-10/h2,5,13H,1,3-4,6H2. The van der Waals surface area contributed by atoms with Crippen LogP contribution in [0.15, 0.2) is 15.9 Å². The molecule has 1 saturated heterocycles. The lowest BCUT2D eigenvalue weighted by atomic mass is 9.94. The molecule has 14 heavy (non-hydrogen) atoms. The molecule has 0 spiro atoms. The topological polar surface area (TPSA) is 35.8 Å². The van der Waals surface area contributed by atoms with E-state index in [1.54, 1.807) is 11.3 Å². The highest BCUT2D eigenvalue weighted by atomic mass is 79.9. The van der Waals surface area contributed by atoms with Crippen molar-refractivity contribution in [3.8, 4) is 6.07 Å². The Bertz CT molecular complexity index is 360. The summed E-state index contributed by atoms with van der Waals surface area (Å²) in [6.07, 6.45) is 2.89. The SMILES string of the molecule is N#CC1(Cc2sccc2Br)CCCN1. The maximum Gasteiger partial charge on any atom is 0.111 e. The predicted octanol–water partition coefficient (Wildman–Crippen LogP) is 2.70. The van der Waals surface area contributed by atoms with Crippen LogP contribution in [0.25, 0.3) is 0 Å². The van der Waals surface area contributed by atoms with E-state index in [0.29, 0.717) is 0 Å². The van der Waals surface area contributed by atoms with Gasteiger partial charge < -0.3 is 0 Å². The third-order valence-electron chi connectivity index (χ3n) is 2.61. The van der Waals surface area contributed by atoms with E-state index in [2.05, 4.69) is 32.7 Å². The van der Waals surface area contributed by atoms with Crippen LogP contribution in [0.3, 0.4) is 0 Å². The Balaban J connectivity index is 2.17. The Hall–Kier alpha value is -0.370. The molecule has 1 aromatic rings. The van der Waals surface area contributed by atoms with Gasteiger partial charge in [-0.2, -0.15) is 5.26 Å². The fourth-order valence-corrected chi connectivity index (χ4v) is 3.42. The van der Waals surface area contributed by atoms with Crippen LogP contribution in [-0.2, 0) is 6.42 Å². The van der Waals surface area contributed by atoms with Crippen molar-refractivity contribution in [2.24, 2.45) is 0 Å². The Morgan fingerprint density at radius 1 is 1.71 bits per heavy atom. The molecule has 1 aliphatic rings. The van der Waals surface area contributed by atoms with Gasteiger partial charge in [0.2, 0.25) is 0 Å². The molecular formula is C10H11BrN2S. The summed E-state index contributed by atoms with van der Waals surface area (Å²) in [5, 5.41) is 14.5. The summed E-state index contributed by atoms with van der Waals surface area (Å²) in [4.78, 5) is 1.26. The molecular weight excluding hydrogens is 260 g/mol. The van der Waals surface area contributed by atoms with Gasteiger partial charge in [0.25, 0.3) is 0 Å². The second-order valence-corrected chi connectivity index (χ2v) is 5.45. The van der Waals surface area contributed by atoms with Crippen LogP contribution < -0.4 is 5.32 Å². The van der Waals surface area contributed by atoms with Gasteiger partial charge >= 0.3 is 0 Å². The van der Waals surface area contributed by atoms with Crippen LogP contribution in [0.5, 0.6) is 0 Å². The molecule has 1 atom stereocenters. The zero-order valence-electron chi connectivity index (χ0n) is 7.72. The first kappa shape index (κ1) is 10.2. The van der Waals surface area contributed by atoms with Gasteiger partial charge in [0, 0.05) is 15.8 Å².